The maximum Gasteiger partial charge on any atom is 0.00964 e. The number of unbranched alkanes of at least 4 members (excludes halogenated alkanes) is 2. The summed E-state index contributed by atoms with van der Waals surface area (Å²) in [6.07, 6.45) is 7.96. The third-order valence-corrected chi connectivity index (χ3v) is 2.56. The molecule has 1 heteroatoms. The van der Waals surface area contributed by atoms with Crippen molar-refractivity contribution in [3.05, 3.63) is 6.92 Å². The third-order valence-electron chi connectivity index (χ3n) is 2.56. The van der Waals surface area contributed by atoms with Crippen LogP contribution in [0.15, 0.2) is 0 Å². The average Bonchev–Trinajstić information content (AvgIpc) is 2.88. The van der Waals surface area contributed by atoms with Crippen molar-refractivity contribution in [1.82, 2.24) is 4.90 Å². The smallest absolute Gasteiger partial charge is 0.00964 e. The van der Waals surface area contributed by atoms with Crippen molar-refractivity contribution in [2.75, 3.05) is 13.1 Å². The van der Waals surface area contributed by atoms with Crippen molar-refractivity contribution in [2.24, 2.45) is 0 Å². The fraction of sp³-hybridized carbons (Fsp3) is 0.909. The Hall–Kier alpha value is -0.0400. The molecule has 0 atom stereocenters. The minimum Gasteiger partial charge on any atom is -0.300 e. The molecule has 1 rings (SSSR count). The van der Waals surface area contributed by atoms with Crippen molar-refractivity contribution in [1.29, 1.82) is 0 Å². The lowest BCUT2D eigenvalue weighted by atomic mass is 10.2. The van der Waals surface area contributed by atoms with E-state index in [1.165, 1.54) is 45.2 Å². The molecular weight excluding hydrogens is 146 g/mol. The zero-order valence-electron chi connectivity index (χ0n) is 8.39. The summed E-state index contributed by atoms with van der Waals surface area (Å²) in [6, 6.07) is 0.947. The van der Waals surface area contributed by atoms with E-state index in [4.69, 9.17) is 0 Å². The van der Waals surface area contributed by atoms with E-state index in [1.54, 1.807) is 0 Å². The second kappa shape index (κ2) is 5.58. The summed E-state index contributed by atoms with van der Waals surface area (Å²) in [5.41, 5.74) is 0. The third kappa shape index (κ3) is 3.57. The SMILES string of the molecule is [CH2]CCCN(CCCC)C1CC1. The minimum absolute atomic E-state index is 0.947. The largest absolute Gasteiger partial charge is 0.300 e. The molecule has 1 saturated carbocycles. The number of hydrogen-bond donors (Lipinski definition) is 0. The van der Waals surface area contributed by atoms with E-state index in [0.717, 1.165) is 12.5 Å². The van der Waals surface area contributed by atoms with E-state index in [1.807, 2.05) is 0 Å². The van der Waals surface area contributed by atoms with Gasteiger partial charge >= 0.3 is 0 Å². The van der Waals surface area contributed by atoms with Crippen LogP contribution >= 0.6 is 0 Å². The quantitative estimate of drug-likeness (QED) is 0.565. The number of rotatable bonds is 7. The first-order valence-electron chi connectivity index (χ1n) is 5.41. The molecule has 12 heavy (non-hydrogen) atoms. The van der Waals surface area contributed by atoms with Gasteiger partial charge < -0.3 is 4.90 Å². The van der Waals surface area contributed by atoms with Crippen LogP contribution in [-0.2, 0) is 0 Å². The van der Waals surface area contributed by atoms with Crippen LogP contribution in [0.3, 0.4) is 0 Å². The molecule has 0 aromatic carbocycles. The average molecular weight is 168 g/mol. The molecule has 0 aliphatic heterocycles. The van der Waals surface area contributed by atoms with E-state index in [9.17, 15) is 0 Å². The first-order valence-corrected chi connectivity index (χ1v) is 5.41. The highest BCUT2D eigenvalue weighted by Gasteiger charge is 2.27. The van der Waals surface area contributed by atoms with Crippen LogP contribution in [0.2, 0.25) is 0 Å². The molecule has 1 nitrogen and oxygen atoms in total. The Morgan fingerprint density at radius 2 is 1.92 bits per heavy atom. The van der Waals surface area contributed by atoms with Crippen LogP contribution in [0.25, 0.3) is 0 Å². The molecule has 0 amide bonds. The Balaban J connectivity index is 2.09. The highest BCUT2D eigenvalue weighted by atomic mass is 15.2. The first-order chi connectivity index (χ1) is 5.88. The second-order valence-corrected chi connectivity index (χ2v) is 3.83. The van der Waals surface area contributed by atoms with E-state index in [2.05, 4.69) is 18.7 Å². The van der Waals surface area contributed by atoms with Crippen LogP contribution in [0.4, 0.5) is 0 Å². The molecule has 0 bridgehead atoms. The molecule has 0 N–H and O–H groups in total. The number of hydrogen-bond acceptors (Lipinski definition) is 1. The molecule has 0 aromatic rings. The van der Waals surface area contributed by atoms with Gasteiger partial charge in [-0.25, -0.2) is 0 Å². The summed E-state index contributed by atoms with van der Waals surface area (Å²) in [6.45, 7) is 8.77. The van der Waals surface area contributed by atoms with Crippen LogP contribution in [0, 0.1) is 6.92 Å². The van der Waals surface area contributed by atoms with Gasteiger partial charge in [0, 0.05) is 6.04 Å². The predicted molar refractivity (Wildman–Crippen MR) is 54.1 cm³/mol. The van der Waals surface area contributed by atoms with Crippen LogP contribution in [0.1, 0.15) is 45.4 Å². The Morgan fingerprint density at radius 1 is 1.25 bits per heavy atom. The summed E-state index contributed by atoms with van der Waals surface area (Å²) in [4.78, 5) is 2.66. The van der Waals surface area contributed by atoms with Crippen molar-refractivity contribution < 1.29 is 0 Å². The molecular formula is C11H22N. The molecule has 0 aromatic heterocycles. The van der Waals surface area contributed by atoms with Gasteiger partial charge in [-0.15, -0.1) is 0 Å². The normalized spacial score (nSPS) is 17.2. The monoisotopic (exact) mass is 168 g/mol. The van der Waals surface area contributed by atoms with Gasteiger partial charge in [0.25, 0.3) is 0 Å². The predicted octanol–water partition coefficient (Wildman–Crippen LogP) is 2.87. The highest BCUT2D eigenvalue weighted by Crippen LogP contribution is 2.27. The second-order valence-electron chi connectivity index (χ2n) is 3.83. The zero-order chi connectivity index (χ0) is 8.81. The summed E-state index contributed by atoms with van der Waals surface area (Å²) in [5.74, 6) is 0. The first kappa shape index (κ1) is 10.0. The van der Waals surface area contributed by atoms with Gasteiger partial charge in [-0.05, 0) is 38.8 Å². The Labute approximate surface area is 77.1 Å². The summed E-state index contributed by atoms with van der Waals surface area (Å²) < 4.78 is 0. The molecule has 1 aliphatic rings. The van der Waals surface area contributed by atoms with E-state index < -0.39 is 0 Å². The van der Waals surface area contributed by atoms with Crippen LogP contribution in [0.5, 0.6) is 0 Å². The van der Waals surface area contributed by atoms with Gasteiger partial charge in [0.1, 0.15) is 0 Å². The van der Waals surface area contributed by atoms with Crippen molar-refractivity contribution in [3.63, 3.8) is 0 Å². The van der Waals surface area contributed by atoms with Crippen LogP contribution < -0.4 is 0 Å². The molecule has 0 heterocycles. The summed E-state index contributed by atoms with van der Waals surface area (Å²) in [7, 11) is 0. The lowest BCUT2D eigenvalue weighted by Crippen LogP contribution is -2.28. The van der Waals surface area contributed by atoms with Crippen molar-refractivity contribution in [3.8, 4) is 0 Å². The fourth-order valence-corrected chi connectivity index (χ4v) is 1.59. The Bertz CT molecular complexity index is 99.6. The van der Waals surface area contributed by atoms with Gasteiger partial charge in [0.05, 0.1) is 0 Å². The maximum absolute atomic E-state index is 3.89. The summed E-state index contributed by atoms with van der Waals surface area (Å²) in [5, 5.41) is 0. The molecule has 1 radical (unpaired) electrons. The maximum atomic E-state index is 3.89. The summed E-state index contributed by atoms with van der Waals surface area (Å²) >= 11 is 0. The Morgan fingerprint density at radius 3 is 2.42 bits per heavy atom. The van der Waals surface area contributed by atoms with E-state index in [-0.39, 0.29) is 0 Å². The van der Waals surface area contributed by atoms with Gasteiger partial charge in [-0.1, -0.05) is 26.7 Å². The van der Waals surface area contributed by atoms with Gasteiger partial charge in [0.15, 0.2) is 0 Å². The van der Waals surface area contributed by atoms with Crippen LogP contribution in [-0.4, -0.2) is 24.0 Å². The molecule has 0 saturated heterocycles. The topological polar surface area (TPSA) is 3.24 Å². The lowest BCUT2D eigenvalue weighted by Gasteiger charge is -2.21. The van der Waals surface area contributed by atoms with E-state index in [0.29, 0.717) is 0 Å². The van der Waals surface area contributed by atoms with E-state index >= 15 is 0 Å². The van der Waals surface area contributed by atoms with Gasteiger partial charge in [-0.2, -0.15) is 0 Å². The minimum atomic E-state index is 0.947. The van der Waals surface area contributed by atoms with Gasteiger partial charge in [-0.3, -0.25) is 0 Å². The van der Waals surface area contributed by atoms with Gasteiger partial charge in [0.2, 0.25) is 0 Å². The lowest BCUT2D eigenvalue weighted by molar-refractivity contribution is 0.256. The van der Waals surface area contributed by atoms with Crippen molar-refractivity contribution in [2.45, 2.75) is 51.5 Å². The Kier molecular flexibility index (Phi) is 4.67. The molecule has 0 unspecified atom stereocenters. The molecule has 0 spiro atoms. The molecule has 71 valence electrons. The molecule has 1 aliphatic carbocycles. The van der Waals surface area contributed by atoms with Crippen molar-refractivity contribution >= 4 is 0 Å². The standard InChI is InChI=1S/C11H22N/c1-3-5-9-12(10-6-4-2)11-7-8-11/h11H,1,3-10H2,2H3. The fourth-order valence-electron chi connectivity index (χ4n) is 1.59. The molecule has 1 fully saturated rings. The highest BCUT2D eigenvalue weighted by molar-refractivity contribution is 4.84. The number of nitrogens with zero attached hydrogens (tertiary/aromatic N) is 1. The zero-order valence-corrected chi connectivity index (χ0v) is 8.39.